The van der Waals surface area contributed by atoms with E-state index in [1.807, 2.05) is 97.2 Å². The first-order chi connectivity index (χ1) is 21.7. The van der Waals surface area contributed by atoms with Crippen molar-refractivity contribution in [2.45, 2.75) is 6.67 Å². The fourth-order valence-electron chi connectivity index (χ4n) is 4.75. The molecule has 1 aliphatic heterocycles. The average molecular weight is 772 g/mol. The van der Waals surface area contributed by atoms with Gasteiger partial charge < -0.3 is 9.97 Å². The summed E-state index contributed by atoms with van der Waals surface area (Å²) < 4.78 is 31.3. The molecule has 0 spiro atoms. The Hall–Kier alpha value is -5.17. The van der Waals surface area contributed by atoms with Crippen molar-refractivity contribution in [3.8, 4) is 39.5 Å². The normalized spacial score (nSPS) is 10.6. The van der Waals surface area contributed by atoms with Crippen LogP contribution in [0.2, 0.25) is 0 Å². The Balaban J connectivity index is 0.000000135. The van der Waals surface area contributed by atoms with Gasteiger partial charge in [0.05, 0.1) is 6.07 Å². The fourth-order valence-corrected chi connectivity index (χ4v) is 4.75. The second-order valence-corrected chi connectivity index (χ2v) is 9.78. The van der Waals surface area contributed by atoms with Crippen molar-refractivity contribution in [1.29, 1.82) is 0 Å². The number of hydrogen-bond acceptors (Lipinski definition) is 2. The first kappa shape index (κ1) is 31.3. The second-order valence-electron chi connectivity index (χ2n) is 9.78. The van der Waals surface area contributed by atoms with Gasteiger partial charge in [0.15, 0.2) is 12.0 Å². The van der Waals surface area contributed by atoms with E-state index in [4.69, 9.17) is 0 Å². The molecule has 1 aliphatic rings. The summed E-state index contributed by atoms with van der Waals surface area (Å²) >= 11 is 0. The Kier molecular flexibility index (Phi) is 10.4. The van der Waals surface area contributed by atoms with Gasteiger partial charge in [-0.15, -0.1) is 65.7 Å². The number of pyridine rings is 3. The standard InChI is InChI=1S/C17H12N.C11H8N.C9H7F2N3.Ir/c1-2-6-14(7-3-1)15-9-11-16(12-10-15)17-8-4-5-13-18-17;1-2-6-10(7-3-1)11-8-4-5-9-12-11;10-7-4-8(11)9-12(5-7)6-13-2-1-3-14(9)13;/h1-11,13H;1-6,8-9H;1-5H,6H2;/q2*-1;+2;. The Morgan fingerprint density at radius 1 is 0.689 bits per heavy atom. The van der Waals surface area contributed by atoms with Gasteiger partial charge in [-0.25, -0.2) is 4.39 Å². The summed E-state index contributed by atoms with van der Waals surface area (Å²) in [7, 11) is 0. The molecule has 0 amide bonds. The molecule has 3 aromatic carbocycles. The van der Waals surface area contributed by atoms with Crippen LogP contribution in [0, 0.1) is 23.8 Å². The van der Waals surface area contributed by atoms with Gasteiger partial charge in [-0.05, 0) is 23.5 Å². The quantitative estimate of drug-likeness (QED) is 0.145. The van der Waals surface area contributed by atoms with E-state index in [0.717, 1.165) is 28.6 Å². The van der Waals surface area contributed by atoms with Crippen LogP contribution in [-0.4, -0.2) is 14.6 Å². The molecule has 8 heteroatoms. The molecule has 0 saturated carbocycles. The third-order valence-corrected chi connectivity index (χ3v) is 6.82. The van der Waals surface area contributed by atoms with Crippen molar-refractivity contribution >= 4 is 0 Å². The second kappa shape index (κ2) is 15.0. The van der Waals surface area contributed by atoms with Crippen molar-refractivity contribution in [3.05, 3.63) is 176 Å². The van der Waals surface area contributed by atoms with E-state index in [2.05, 4.69) is 46.4 Å². The molecule has 45 heavy (non-hydrogen) atoms. The summed E-state index contributed by atoms with van der Waals surface area (Å²) in [6.07, 6.45) is 8.42. The number of aromatic nitrogens is 5. The summed E-state index contributed by atoms with van der Waals surface area (Å²) in [5, 5.41) is 0. The summed E-state index contributed by atoms with van der Waals surface area (Å²) in [5.74, 6) is -0.735. The maximum atomic E-state index is 13.4. The van der Waals surface area contributed by atoms with Gasteiger partial charge in [-0.2, -0.15) is 8.96 Å². The van der Waals surface area contributed by atoms with Crippen molar-refractivity contribution < 1.29 is 38.1 Å². The molecule has 5 nitrogen and oxygen atoms in total. The van der Waals surface area contributed by atoms with E-state index in [0.29, 0.717) is 12.5 Å². The van der Waals surface area contributed by atoms with Crippen LogP contribution in [0.25, 0.3) is 39.5 Å². The van der Waals surface area contributed by atoms with Crippen LogP contribution in [0.3, 0.4) is 0 Å². The Morgan fingerprint density at radius 2 is 1.38 bits per heavy atom. The van der Waals surface area contributed by atoms with Crippen LogP contribution in [0.4, 0.5) is 8.78 Å². The Labute approximate surface area is 274 Å². The largest absolute Gasteiger partial charge is 0.383 e. The third kappa shape index (κ3) is 7.68. The van der Waals surface area contributed by atoms with Crippen molar-refractivity contribution in [1.82, 2.24) is 14.6 Å². The van der Waals surface area contributed by atoms with Crippen LogP contribution >= 0.6 is 0 Å². The zero-order chi connectivity index (χ0) is 30.1. The molecule has 0 unspecified atom stereocenters. The molecule has 223 valence electrons. The Morgan fingerprint density at radius 3 is 2.00 bits per heavy atom. The number of fused-ring (bicyclic) bond motifs is 3. The van der Waals surface area contributed by atoms with Gasteiger partial charge >= 0.3 is 12.5 Å². The van der Waals surface area contributed by atoms with Crippen LogP contribution in [0.15, 0.2) is 152 Å². The summed E-state index contributed by atoms with van der Waals surface area (Å²) in [6.45, 7) is 0.441. The van der Waals surface area contributed by atoms with Crippen LogP contribution < -0.4 is 9.25 Å². The molecule has 1 radical (unpaired) electrons. The maximum absolute atomic E-state index is 13.4. The van der Waals surface area contributed by atoms with Crippen molar-refractivity contribution in [3.63, 3.8) is 0 Å². The van der Waals surface area contributed by atoms with E-state index >= 15 is 0 Å². The Bertz CT molecular complexity index is 1840. The van der Waals surface area contributed by atoms with Gasteiger partial charge in [-0.3, -0.25) is 0 Å². The SMILES string of the molecule is Fc1cc(F)c2[n+](c1)C[n+]1cccn1-2.[Ir].[c-]1cc(-c2ccccc2)ccc1-c1ccccn1.[c-]1ccccc1-c1ccccn1. The minimum Gasteiger partial charge on any atom is -0.305 e. The fraction of sp³-hybridized carbons (Fsp3) is 0.0270. The number of benzene rings is 3. The number of halogens is 2. The topological polar surface area (TPSA) is 38.5 Å². The molecule has 0 N–H and O–H groups in total. The number of hydrogen-bond donors (Lipinski definition) is 0. The average Bonchev–Trinajstić information content (AvgIpc) is 3.68. The molecule has 0 fully saturated rings. The molecule has 0 bridgehead atoms. The maximum Gasteiger partial charge on any atom is 0.383 e. The summed E-state index contributed by atoms with van der Waals surface area (Å²) in [4.78, 5) is 8.54. The van der Waals surface area contributed by atoms with E-state index in [1.165, 1.54) is 21.9 Å². The zero-order valence-corrected chi connectivity index (χ0v) is 26.4. The molecule has 0 aliphatic carbocycles. The monoisotopic (exact) mass is 772 g/mol. The first-order valence-electron chi connectivity index (χ1n) is 14.0. The summed E-state index contributed by atoms with van der Waals surface area (Å²) in [5.41, 5.74) is 6.38. The van der Waals surface area contributed by atoms with E-state index in [-0.39, 0.29) is 20.1 Å². The first-order valence-corrected chi connectivity index (χ1v) is 14.0. The molecule has 4 aromatic heterocycles. The van der Waals surface area contributed by atoms with Crippen molar-refractivity contribution in [2.75, 3.05) is 0 Å². The molecule has 7 aromatic rings. The van der Waals surface area contributed by atoms with Crippen LogP contribution in [0.1, 0.15) is 0 Å². The van der Waals surface area contributed by atoms with Crippen LogP contribution in [0.5, 0.6) is 0 Å². The molecule has 0 atom stereocenters. The predicted molar refractivity (Wildman–Crippen MR) is 164 cm³/mol. The van der Waals surface area contributed by atoms with Gasteiger partial charge in [0.1, 0.15) is 6.20 Å². The van der Waals surface area contributed by atoms with Crippen molar-refractivity contribution in [2.24, 2.45) is 0 Å². The smallest absolute Gasteiger partial charge is 0.305 e. The molecular weight excluding hydrogens is 745 g/mol. The van der Waals surface area contributed by atoms with E-state index in [9.17, 15) is 8.78 Å². The van der Waals surface area contributed by atoms with E-state index in [1.54, 1.807) is 28.0 Å². The minimum atomic E-state index is -0.558. The number of nitrogens with zero attached hydrogens (tertiary/aromatic N) is 5. The third-order valence-electron chi connectivity index (χ3n) is 6.82. The van der Waals surface area contributed by atoms with E-state index < -0.39 is 11.6 Å². The molecule has 5 heterocycles. The predicted octanol–water partition coefficient (Wildman–Crippen LogP) is 6.91. The molecule has 0 saturated heterocycles. The minimum absolute atomic E-state index is 0. The van der Waals surface area contributed by atoms with Crippen LogP contribution in [-0.2, 0) is 26.8 Å². The molecular formula is C37H27F2IrN5. The van der Waals surface area contributed by atoms with Gasteiger partial charge in [-0.1, -0.05) is 65.7 Å². The molecule has 8 rings (SSSR count). The van der Waals surface area contributed by atoms with Gasteiger partial charge in [0.2, 0.25) is 12.0 Å². The van der Waals surface area contributed by atoms with Gasteiger partial charge in [0.25, 0.3) is 0 Å². The zero-order valence-electron chi connectivity index (χ0n) is 24.0. The van der Waals surface area contributed by atoms with Gasteiger partial charge in [0, 0.05) is 47.9 Å². The summed E-state index contributed by atoms with van der Waals surface area (Å²) in [6, 6.07) is 45.2. The number of rotatable bonds is 3.